The van der Waals surface area contributed by atoms with Gasteiger partial charge in [0, 0.05) is 32.9 Å². The Bertz CT molecular complexity index is 2210. The lowest BCUT2D eigenvalue weighted by Gasteiger charge is -2.10. The summed E-state index contributed by atoms with van der Waals surface area (Å²) in [5, 5.41) is 14.7. The molecule has 0 atom stereocenters. The number of benzene rings is 6. The number of rotatable bonds is 4. The molecular formula is C36H25BN2O. The zero-order valence-corrected chi connectivity index (χ0v) is 21.8. The fraction of sp³-hybridized carbons (Fsp3) is 0. The lowest BCUT2D eigenvalue weighted by Crippen LogP contribution is -2.13. The van der Waals surface area contributed by atoms with Crippen LogP contribution in [0, 0.1) is 0 Å². The van der Waals surface area contributed by atoms with Crippen molar-refractivity contribution in [3.63, 3.8) is 0 Å². The Labute approximate surface area is 232 Å². The van der Waals surface area contributed by atoms with E-state index in [4.69, 9.17) is 0 Å². The van der Waals surface area contributed by atoms with Gasteiger partial charge in [0.15, 0.2) is 0 Å². The number of fused-ring (bicyclic) bond motifs is 6. The Hall–Kier alpha value is -5.06. The van der Waals surface area contributed by atoms with Gasteiger partial charge in [-0.3, -0.25) is 0 Å². The fourth-order valence-corrected chi connectivity index (χ4v) is 6.23. The van der Waals surface area contributed by atoms with Crippen LogP contribution in [0.25, 0.3) is 66.1 Å². The van der Waals surface area contributed by atoms with E-state index in [1.54, 1.807) is 0 Å². The average Bonchev–Trinajstić information content (AvgIpc) is 3.54. The maximum absolute atomic E-state index is 9.75. The second kappa shape index (κ2) is 9.01. The third kappa shape index (κ3) is 3.43. The highest BCUT2D eigenvalue weighted by atomic mass is 16.2. The summed E-state index contributed by atoms with van der Waals surface area (Å²) in [6.45, 7) is 0. The lowest BCUT2D eigenvalue weighted by molar-refractivity contribution is 0.615. The number of hydrogen-bond donors (Lipinski definition) is 1. The molecule has 0 unspecified atom stereocenters. The molecule has 0 amide bonds. The van der Waals surface area contributed by atoms with Crippen LogP contribution in [0.15, 0.2) is 140 Å². The van der Waals surface area contributed by atoms with Gasteiger partial charge in [-0.1, -0.05) is 84.3 Å². The predicted octanol–water partition coefficient (Wildman–Crippen LogP) is 7.52. The van der Waals surface area contributed by atoms with Gasteiger partial charge in [-0.15, -0.1) is 0 Å². The first-order valence-electron chi connectivity index (χ1n) is 13.6. The molecule has 2 aromatic heterocycles. The average molecular weight is 512 g/mol. The van der Waals surface area contributed by atoms with E-state index in [1.807, 2.05) is 12.1 Å². The third-order valence-corrected chi connectivity index (χ3v) is 8.04. The SMILES string of the molecule is OBc1cccc(-n2c3ccccc3c3cc(-c4ccc5c(c4)c4ccccc4n5-c4ccccc4)ccc32)c1. The van der Waals surface area contributed by atoms with Crippen LogP contribution in [0.5, 0.6) is 0 Å². The van der Waals surface area contributed by atoms with Crippen LogP contribution in [0.3, 0.4) is 0 Å². The molecule has 0 aliphatic heterocycles. The van der Waals surface area contributed by atoms with Crippen LogP contribution >= 0.6 is 0 Å². The maximum Gasteiger partial charge on any atom is 0.304 e. The van der Waals surface area contributed by atoms with Crippen molar-refractivity contribution in [3.05, 3.63) is 140 Å². The molecule has 2 heterocycles. The van der Waals surface area contributed by atoms with Crippen LogP contribution < -0.4 is 5.46 Å². The van der Waals surface area contributed by atoms with Gasteiger partial charge >= 0.3 is 7.48 Å². The third-order valence-electron chi connectivity index (χ3n) is 8.04. The Morgan fingerprint density at radius 1 is 0.400 bits per heavy atom. The van der Waals surface area contributed by atoms with Gasteiger partial charge in [0.05, 0.1) is 22.1 Å². The molecule has 6 aromatic carbocycles. The van der Waals surface area contributed by atoms with E-state index in [1.165, 1.54) is 49.4 Å². The van der Waals surface area contributed by atoms with E-state index in [-0.39, 0.29) is 7.48 Å². The van der Waals surface area contributed by atoms with E-state index in [0.29, 0.717) is 0 Å². The largest absolute Gasteiger partial charge is 0.449 e. The molecule has 8 aromatic rings. The molecule has 188 valence electrons. The molecule has 0 saturated heterocycles. The first-order valence-corrected chi connectivity index (χ1v) is 13.6. The number of hydrogen-bond acceptors (Lipinski definition) is 1. The summed E-state index contributed by atoms with van der Waals surface area (Å²) in [5.74, 6) is 0. The van der Waals surface area contributed by atoms with Gasteiger partial charge in [0.2, 0.25) is 0 Å². The first kappa shape index (κ1) is 22.9. The summed E-state index contributed by atoms with van der Waals surface area (Å²) in [6, 6.07) is 49.6. The zero-order valence-electron chi connectivity index (χ0n) is 21.8. The minimum Gasteiger partial charge on any atom is -0.449 e. The van der Waals surface area contributed by atoms with Crippen molar-refractivity contribution in [1.29, 1.82) is 0 Å². The topological polar surface area (TPSA) is 30.1 Å². The first-order chi connectivity index (χ1) is 19.8. The molecule has 0 radical (unpaired) electrons. The van der Waals surface area contributed by atoms with Crippen LogP contribution in [0.4, 0.5) is 0 Å². The Morgan fingerprint density at radius 2 is 0.900 bits per heavy atom. The van der Waals surface area contributed by atoms with Gasteiger partial charge in [-0.2, -0.15) is 0 Å². The van der Waals surface area contributed by atoms with E-state index in [0.717, 1.165) is 22.2 Å². The second-order valence-electron chi connectivity index (χ2n) is 10.3. The minimum absolute atomic E-state index is 0.0261. The normalized spacial score (nSPS) is 11.6. The lowest BCUT2D eigenvalue weighted by atomic mass is 9.88. The van der Waals surface area contributed by atoms with Gasteiger partial charge in [-0.25, -0.2) is 0 Å². The van der Waals surface area contributed by atoms with Gasteiger partial charge in [0.1, 0.15) is 0 Å². The quantitative estimate of drug-likeness (QED) is 0.243. The fourth-order valence-electron chi connectivity index (χ4n) is 6.23. The number of para-hydroxylation sites is 3. The predicted molar refractivity (Wildman–Crippen MR) is 170 cm³/mol. The highest BCUT2D eigenvalue weighted by Gasteiger charge is 2.16. The minimum atomic E-state index is 0.0261. The van der Waals surface area contributed by atoms with Crippen LogP contribution in [0.1, 0.15) is 0 Å². The molecule has 0 bridgehead atoms. The highest BCUT2D eigenvalue weighted by molar-refractivity contribution is 6.45. The van der Waals surface area contributed by atoms with Gasteiger partial charge < -0.3 is 14.2 Å². The van der Waals surface area contributed by atoms with E-state index >= 15 is 0 Å². The van der Waals surface area contributed by atoms with Crippen molar-refractivity contribution in [3.8, 4) is 22.5 Å². The Morgan fingerprint density at radius 3 is 1.50 bits per heavy atom. The molecule has 4 heteroatoms. The van der Waals surface area contributed by atoms with Crippen molar-refractivity contribution in [2.75, 3.05) is 0 Å². The van der Waals surface area contributed by atoms with Crippen LogP contribution in [-0.2, 0) is 0 Å². The van der Waals surface area contributed by atoms with Crippen molar-refractivity contribution in [2.45, 2.75) is 0 Å². The Balaban J connectivity index is 1.35. The highest BCUT2D eigenvalue weighted by Crippen LogP contribution is 2.38. The standard InChI is InChI=1S/C36H25BN2O/c40-37-26-9-8-12-28(23-26)39-34-16-7-5-14-30(34)32-22-25(18-20-36(32)39)24-17-19-35-31(21-24)29-13-4-6-15-33(29)38(35)27-10-2-1-3-11-27/h1-23,37,40H. The smallest absolute Gasteiger partial charge is 0.304 e. The molecule has 8 rings (SSSR count). The van der Waals surface area contributed by atoms with Crippen molar-refractivity contribution < 1.29 is 5.02 Å². The molecular weight excluding hydrogens is 487 g/mol. The number of nitrogens with zero attached hydrogens (tertiary/aromatic N) is 2. The molecule has 1 N–H and O–H groups in total. The van der Waals surface area contributed by atoms with Crippen molar-refractivity contribution >= 4 is 56.6 Å². The molecule has 0 aliphatic rings. The van der Waals surface area contributed by atoms with Gasteiger partial charge in [0.25, 0.3) is 0 Å². The molecule has 3 nitrogen and oxygen atoms in total. The van der Waals surface area contributed by atoms with E-state index < -0.39 is 0 Å². The molecule has 0 saturated carbocycles. The zero-order chi connectivity index (χ0) is 26.6. The van der Waals surface area contributed by atoms with Crippen LogP contribution in [-0.4, -0.2) is 21.6 Å². The maximum atomic E-state index is 9.75. The molecule has 40 heavy (non-hydrogen) atoms. The summed E-state index contributed by atoms with van der Waals surface area (Å²) >= 11 is 0. The number of aromatic nitrogens is 2. The summed E-state index contributed by atoms with van der Waals surface area (Å²) < 4.78 is 4.65. The summed E-state index contributed by atoms with van der Waals surface area (Å²) in [4.78, 5) is 0. The summed E-state index contributed by atoms with van der Waals surface area (Å²) in [7, 11) is 0.0261. The van der Waals surface area contributed by atoms with E-state index in [9.17, 15) is 5.02 Å². The van der Waals surface area contributed by atoms with Crippen molar-refractivity contribution in [1.82, 2.24) is 9.13 Å². The second-order valence-corrected chi connectivity index (χ2v) is 10.3. The molecule has 0 spiro atoms. The monoisotopic (exact) mass is 512 g/mol. The summed E-state index contributed by atoms with van der Waals surface area (Å²) in [6.07, 6.45) is 0. The summed E-state index contributed by atoms with van der Waals surface area (Å²) in [5.41, 5.74) is 10.3. The van der Waals surface area contributed by atoms with Gasteiger partial charge in [-0.05, 0) is 71.8 Å². The van der Waals surface area contributed by atoms with Crippen molar-refractivity contribution in [2.24, 2.45) is 0 Å². The van der Waals surface area contributed by atoms with E-state index in [2.05, 4.69) is 137 Å². The molecule has 0 fully saturated rings. The molecule has 0 aliphatic carbocycles. The van der Waals surface area contributed by atoms with Crippen LogP contribution in [0.2, 0.25) is 0 Å². The Kier molecular flexibility index (Phi) is 5.16.